The molecule has 1 N–H and O–H groups in total. The molecule has 1 atom stereocenters. The highest BCUT2D eigenvalue weighted by molar-refractivity contribution is 5.67. The minimum Gasteiger partial charge on any atom is -0.368 e. The minimum atomic E-state index is 0.566. The molecular weight excluding hydrogens is 272 g/mol. The van der Waals surface area contributed by atoms with E-state index in [2.05, 4.69) is 45.7 Å². The monoisotopic (exact) mass is 292 g/mol. The summed E-state index contributed by atoms with van der Waals surface area (Å²) in [5.41, 5.74) is 5.06. The van der Waals surface area contributed by atoms with Gasteiger partial charge < -0.3 is 5.32 Å². The fourth-order valence-corrected chi connectivity index (χ4v) is 3.47. The first-order chi connectivity index (χ1) is 10.8. The minimum absolute atomic E-state index is 0.566. The summed E-state index contributed by atoms with van der Waals surface area (Å²) in [7, 11) is 0. The van der Waals surface area contributed by atoms with Crippen molar-refractivity contribution in [1.82, 2.24) is 14.6 Å². The number of anilines is 1. The third-order valence-electron chi connectivity index (χ3n) is 4.52. The van der Waals surface area contributed by atoms with Crippen LogP contribution in [0.2, 0.25) is 0 Å². The Morgan fingerprint density at radius 1 is 1.32 bits per heavy atom. The average Bonchev–Trinajstić information content (AvgIpc) is 2.93. The van der Waals surface area contributed by atoms with Crippen LogP contribution in [0.25, 0.3) is 5.52 Å². The second-order valence-corrected chi connectivity index (χ2v) is 6.06. The van der Waals surface area contributed by atoms with Crippen LogP contribution >= 0.6 is 0 Å². The fourth-order valence-electron chi connectivity index (χ4n) is 3.47. The van der Waals surface area contributed by atoms with Crippen molar-refractivity contribution in [2.45, 2.75) is 32.1 Å². The van der Waals surface area contributed by atoms with Gasteiger partial charge >= 0.3 is 0 Å². The van der Waals surface area contributed by atoms with Gasteiger partial charge in [0, 0.05) is 24.9 Å². The van der Waals surface area contributed by atoms with Crippen molar-refractivity contribution < 1.29 is 0 Å². The van der Waals surface area contributed by atoms with Crippen LogP contribution in [-0.4, -0.2) is 21.1 Å². The van der Waals surface area contributed by atoms with Gasteiger partial charge in [0.1, 0.15) is 5.52 Å². The van der Waals surface area contributed by atoms with Crippen LogP contribution in [0.4, 0.5) is 5.82 Å². The van der Waals surface area contributed by atoms with Gasteiger partial charge in [-0.1, -0.05) is 24.3 Å². The van der Waals surface area contributed by atoms with Gasteiger partial charge in [0.15, 0.2) is 5.82 Å². The SMILES string of the molecule is Cc1cc2c(NCC3CCCc4ccccc43)nccn2n1. The molecule has 4 rings (SSSR count). The molecule has 22 heavy (non-hydrogen) atoms. The van der Waals surface area contributed by atoms with E-state index in [-0.39, 0.29) is 0 Å². The van der Waals surface area contributed by atoms with Crippen molar-refractivity contribution in [3.05, 3.63) is 59.5 Å². The van der Waals surface area contributed by atoms with Gasteiger partial charge in [-0.3, -0.25) is 0 Å². The van der Waals surface area contributed by atoms with E-state index in [1.807, 2.05) is 17.6 Å². The summed E-state index contributed by atoms with van der Waals surface area (Å²) in [6.45, 7) is 2.93. The molecule has 1 aliphatic carbocycles. The predicted molar refractivity (Wildman–Crippen MR) is 88.3 cm³/mol. The van der Waals surface area contributed by atoms with Gasteiger partial charge in [0.05, 0.1) is 5.69 Å². The molecule has 0 aliphatic heterocycles. The zero-order valence-corrected chi connectivity index (χ0v) is 12.8. The third-order valence-corrected chi connectivity index (χ3v) is 4.52. The standard InChI is InChI=1S/C18H20N4/c1-13-11-17-18(19-9-10-22(17)21-13)20-12-15-7-4-6-14-5-2-3-8-16(14)15/h2-3,5,8-11,15H,4,6-7,12H2,1H3,(H,19,20). The van der Waals surface area contributed by atoms with Crippen LogP contribution in [-0.2, 0) is 6.42 Å². The Balaban J connectivity index is 1.58. The van der Waals surface area contributed by atoms with Gasteiger partial charge in [-0.05, 0) is 43.4 Å². The summed E-state index contributed by atoms with van der Waals surface area (Å²) < 4.78 is 1.89. The number of rotatable bonds is 3. The highest BCUT2D eigenvalue weighted by Gasteiger charge is 2.19. The van der Waals surface area contributed by atoms with Gasteiger partial charge in [-0.2, -0.15) is 5.10 Å². The number of hydrogen-bond acceptors (Lipinski definition) is 3. The molecule has 0 fully saturated rings. The van der Waals surface area contributed by atoms with Gasteiger partial charge in [0.25, 0.3) is 0 Å². The lowest BCUT2D eigenvalue weighted by Crippen LogP contribution is -2.18. The van der Waals surface area contributed by atoms with Crippen molar-refractivity contribution in [1.29, 1.82) is 0 Å². The van der Waals surface area contributed by atoms with E-state index in [9.17, 15) is 0 Å². The normalized spacial score (nSPS) is 17.4. The second kappa shape index (κ2) is 5.44. The zero-order valence-electron chi connectivity index (χ0n) is 12.8. The molecule has 0 radical (unpaired) electrons. The van der Waals surface area contributed by atoms with E-state index >= 15 is 0 Å². The number of hydrogen-bond donors (Lipinski definition) is 1. The Labute approximate surface area is 130 Å². The highest BCUT2D eigenvalue weighted by atomic mass is 15.2. The molecule has 0 bridgehead atoms. The molecule has 0 saturated carbocycles. The molecule has 4 nitrogen and oxygen atoms in total. The van der Waals surface area contributed by atoms with Crippen molar-refractivity contribution in [3.63, 3.8) is 0 Å². The maximum absolute atomic E-state index is 4.49. The number of nitrogens with zero attached hydrogens (tertiary/aromatic N) is 3. The Kier molecular flexibility index (Phi) is 3.29. The topological polar surface area (TPSA) is 42.2 Å². The number of benzene rings is 1. The summed E-state index contributed by atoms with van der Waals surface area (Å²) in [5, 5.41) is 7.98. The lowest BCUT2D eigenvalue weighted by Gasteiger charge is -2.25. The molecule has 1 unspecified atom stereocenters. The number of nitrogens with one attached hydrogen (secondary N) is 1. The summed E-state index contributed by atoms with van der Waals surface area (Å²) in [5.74, 6) is 1.49. The van der Waals surface area contributed by atoms with E-state index in [0.717, 1.165) is 23.6 Å². The van der Waals surface area contributed by atoms with E-state index in [1.165, 1.54) is 30.4 Å². The summed E-state index contributed by atoms with van der Waals surface area (Å²) >= 11 is 0. The Morgan fingerprint density at radius 3 is 3.18 bits per heavy atom. The number of aromatic nitrogens is 3. The third kappa shape index (κ3) is 2.34. The quantitative estimate of drug-likeness (QED) is 0.802. The summed E-state index contributed by atoms with van der Waals surface area (Å²) in [6.07, 6.45) is 7.42. The van der Waals surface area contributed by atoms with Crippen LogP contribution < -0.4 is 5.32 Å². The number of aryl methyl sites for hydroxylation is 2. The molecule has 1 aliphatic rings. The van der Waals surface area contributed by atoms with E-state index in [0.29, 0.717) is 5.92 Å². The van der Waals surface area contributed by atoms with Crippen LogP contribution in [0, 0.1) is 6.92 Å². The second-order valence-electron chi connectivity index (χ2n) is 6.06. The lowest BCUT2D eigenvalue weighted by molar-refractivity contribution is 0.571. The first-order valence-electron chi connectivity index (χ1n) is 7.94. The smallest absolute Gasteiger partial charge is 0.152 e. The fraction of sp³-hybridized carbons (Fsp3) is 0.333. The highest BCUT2D eigenvalue weighted by Crippen LogP contribution is 2.31. The molecule has 1 aromatic carbocycles. The van der Waals surface area contributed by atoms with Crippen LogP contribution in [0.1, 0.15) is 35.6 Å². The largest absolute Gasteiger partial charge is 0.368 e. The molecule has 0 saturated heterocycles. The van der Waals surface area contributed by atoms with Crippen LogP contribution in [0.5, 0.6) is 0 Å². The molecule has 0 amide bonds. The summed E-state index contributed by atoms with van der Waals surface area (Å²) in [4.78, 5) is 4.49. The van der Waals surface area contributed by atoms with Gasteiger partial charge in [-0.25, -0.2) is 9.50 Å². The molecular formula is C18H20N4. The summed E-state index contributed by atoms with van der Waals surface area (Å²) in [6, 6.07) is 10.9. The lowest BCUT2D eigenvalue weighted by atomic mass is 9.83. The first kappa shape index (κ1) is 13.3. The van der Waals surface area contributed by atoms with Crippen molar-refractivity contribution in [3.8, 4) is 0 Å². The first-order valence-corrected chi connectivity index (χ1v) is 7.94. The maximum atomic E-state index is 4.49. The van der Waals surface area contributed by atoms with Gasteiger partial charge in [0.2, 0.25) is 0 Å². The average molecular weight is 292 g/mol. The van der Waals surface area contributed by atoms with E-state index in [4.69, 9.17) is 0 Å². The molecule has 112 valence electrons. The Hall–Kier alpha value is -2.36. The van der Waals surface area contributed by atoms with Crippen molar-refractivity contribution in [2.75, 3.05) is 11.9 Å². The molecule has 2 aromatic heterocycles. The van der Waals surface area contributed by atoms with Gasteiger partial charge in [-0.15, -0.1) is 0 Å². The van der Waals surface area contributed by atoms with Crippen molar-refractivity contribution in [2.24, 2.45) is 0 Å². The van der Waals surface area contributed by atoms with E-state index in [1.54, 1.807) is 6.20 Å². The molecule has 0 spiro atoms. The van der Waals surface area contributed by atoms with Crippen LogP contribution in [0.15, 0.2) is 42.7 Å². The van der Waals surface area contributed by atoms with Crippen LogP contribution in [0.3, 0.4) is 0 Å². The Bertz CT molecular complexity index is 806. The van der Waals surface area contributed by atoms with E-state index < -0.39 is 0 Å². The zero-order chi connectivity index (χ0) is 14.9. The Morgan fingerprint density at radius 2 is 2.23 bits per heavy atom. The predicted octanol–water partition coefficient (Wildman–Crippen LogP) is 3.57. The maximum Gasteiger partial charge on any atom is 0.152 e. The van der Waals surface area contributed by atoms with Crippen molar-refractivity contribution >= 4 is 11.3 Å². The molecule has 4 heteroatoms. The molecule has 3 aromatic rings. The molecule has 2 heterocycles. The number of fused-ring (bicyclic) bond motifs is 2.